The fourth-order valence-electron chi connectivity index (χ4n) is 4.93. The fourth-order valence-corrected chi connectivity index (χ4v) is 7.41. The lowest BCUT2D eigenvalue weighted by atomic mass is 9.88. The van der Waals surface area contributed by atoms with Gasteiger partial charge >= 0.3 is 5.97 Å². The van der Waals surface area contributed by atoms with E-state index in [4.69, 9.17) is 4.74 Å². The normalized spacial score (nSPS) is 15.0. The van der Waals surface area contributed by atoms with Crippen molar-refractivity contribution in [3.05, 3.63) is 112 Å². The molecule has 2 amide bonds. The van der Waals surface area contributed by atoms with E-state index < -0.39 is 11.2 Å². The Bertz CT molecular complexity index is 1560. The Balaban J connectivity index is 1.40. The fraction of sp³-hybridized carbons (Fsp3) is 0.242. The molecule has 0 radical (unpaired) electrons. The number of methoxy groups -OCH3 is 1. The van der Waals surface area contributed by atoms with Crippen LogP contribution in [0.15, 0.2) is 83.8 Å². The number of rotatable bonds is 8. The Kier molecular flexibility index (Phi) is 8.90. The number of benzene rings is 3. The minimum Gasteiger partial charge on any atom is -0.465 e. The predicted molar refractivity (Wildman–Crippen MR) is 166 cm³/mol. The molecule has 8 heteroatoms. The zero-order chi connectivity index (χ0) is 28.9. The highest BCUT2D eigenvalue weighted by atomic mass is 32.2. The Hall–Kier alpha value is -3.88. The number of hydrogen-bond acceptors (Lipinski definition) is 6. The summed E-state index contributed by atoms with van der Waals surface area (Å²) in [5, 5.41) is 5.98. The van der Waals surface area contributed by atoms with Crippen LogP contribution in [0.2, 0.25) is 0 Å². The SMILES string of the molecule is COC(=O)c1c(NC(=O)C(Sc2cccc(NC(=O)c3ccc(C)cc3)c2)c2ccccc2)sc2c1CCC(C)C2. The number of aryl methyl sites for hydroxylation is 1. The molecule has 210 valence electrons. The second-order valence-corrected chi connectivity index (χ2v) is 12.6. The van der Waals surface area contributed by atoms with Crippen LogP contribution in [0, 0.1) is 12.8 Å². The molecule has 0 spiro atoms. The lowest BCUT2D eigenvalue weighted by molar-refractivity contribution is -0.115. The van der Waals surface area contributed by atoms with Crippen molar-refractivity contribution < 1.29 is 19.1 Å². The molecular formula is C33H32N2O4S2. The van der Waals surface area contributed by atoms with Crippen LogP contribution in [-0.2, 0) is 22.4 Å². The first-order valence-corrected chi connectivity index (χ1v) is 15.3. The van der Waals surface area contributed by atoms with Crippen LogP contribution in [0.1, 0.15) is 60.9 Å². The first-order valence-electron chi connectivity index (χ1n) is 13.6. The third-order valence-electron chi connectivity index (χ3n) is 7.14. The minimum atomic E-state index is -0.595. The van der Waals surface area contributed by atoms with Crippen molar-refractivity contribution in [2.75, 3.05) is 17.7 Å². The van der Waals surface area contributed by atoms with E-state index in [1.807, 2.05) is 73.7 Å². The van der Waals surface area contributed by atoms with Crippen LogP contribution in [-0.4, -0.2) is 24.9 Å². The van der Waals surface area contributed by atoms with Gasteiger partial charge in [-0.3, -0.25) is 9.59 Å². The number of thiophene rings is 1. The van der Waals surface area contributed by atoms with Gasteiger partial charge in [0.2, 0.25) is 5.91 Å². The van der Waals surface area contributed by atoms with E-state index >= 15 is 0 Å². The number of thioether (sulfide) groups is 1. The van der Waals surface area contributed by atoms with Gasteiger partial charge in [-0.2, -0.15) is 0 Å². The summed E-state index contributed by atoms with van der Waals surface area (Å²) in [5.41, 5.74) is 4.60. The van der Waals surface area contributed by atoms with Gasteiger partial charge in [0.25, 0.3) is 5.91 Å². The number of anilines is 2. The van der Waals surface area contributed by atoms with Crippen LogP contribution >= 0.6 is 23.1 Å². The summed E-state index contributed by atoms with van der Waals surface area (Å²) in [7, 11) is 1.37. The van der Waals surface area contributed by atoms with Crippen molar-refractivity contribution in [3.8, 4) is 0 Å². The van der Waals surface area contributed by atoms with E-state index in [1.54, 1.807) is 12.1 Å². The molecule has 1 aromatic heterocycles. The Morgan fingerprint density at radius 3 is 2.46 bits per heavy atom. The Morgan fingerprint density at radius 2 is 1.73 bits per heavy atom. The Morgan fingerprint density at radius 1 is 0.976 bits per heavy atom. The van der Waals surface area contributed by atoms with E-state index in [1.165, 1.54) is 30.2 Å². The van der Waals surface area contributed by atoms with E-state index in [2.05, 4.69) is 17.6 Å². The molecule has 3 aromatic carbocycles. The molecule has 5 rings (SSSR count). The van der Waals surface area contributed by atoms with E-state index in [0.29, 0.717) is 27.7 Å². The van der Waals surface area contributed by atoms with Crippen molar-refractivity contribution >= 4 is 51.6 Å². The molecule has 2 unspecified atom stereocenters. The number of carbonyl (C=O) groups is 3. The van der Waals surface area contributed by atoms with Crippen molar-refractivity contribution in [1.29, 1.82) is 0 Å². The summed E-state index contributed by atoms with van der Waals surface area (Å²) in [6.07, 6.45) is 2.68. The average molecular weight is 585 g/mol. The average Bonchev–Trinajstić information content (AvgIpc) is 3.33. The molecule has 6 nitrogen and oxygen atoms in total. The van der Waals surface area contributed by atoms with Crippen LogP contribution in [0.25, 0.3) is 0 Å². The van der Waals surface area contributed by atoms with Gasteiger partial charge in [-0.15, -0.1) is 23.1 Å². The lowest BCUT2D eigenvalue weighted by Crippen LogP contribution is -2.20. The molecule has 41 heavy (non-hydrogen) atoms. The van der Waals surface area contributed by atoms with Crippen molar-refractivity contribution in [2.45, 2.75) is 43.3 Å². The summed E-state index contributed by atoms with van der Waals surface area (Å²) in [6.45, 7) is 4.18. The van der Waals surface area contributed by atoms with Gasteiger partial charge in [0.15, 0.2) is 0 Å². The summed E-state index contributed by atoms with van der Waals surface area (Å²) < 4.78 is 5.11. The number of nitrogens with one attached hydrogen (secondary N) is 2. The van der Waals surface area contributed by atoms with Gasteiger partial charge in [-0.1, -0.05) is 61.0 Å². The largest absolute Gasteiger partial charge is 0.465 e. The molecule has 2 atom stereocenters. The highest BCUT2D eigenvalue weighted by Crippen LogP contribution is 2.42. The molecule has 4 aromatic rings. The van der Waals surface area contributed by atoms with Gasteiger partial charge in [0.05, 0.1) is 12.7 Å². The molecule has 1 aliphatic rings. The zero-order valence-corrected chi connectivity index (χ0v) is 24.9. The standard InChI is InChI=1S/C33H32N2O4S2/c1-20-12-15-23(16-13-20)30(36)34-24-10-7-11-25(19-24)40-29(22-8-5-4-6-9-22)31(37)35-32-28(33(38)39-3)26-17-14-21(2)18-27(26)41-32/h4-13,15-16,19,21,29H,14,17-18H2,1-3H3,(H,34,36)(H,35,37). The van der Waals surface area contributed by atoms with Gasteiger partial charge in [-0.05, 0) is 73.6 Å². The van der Waals surface area contributed by atoms with Crippen molar-refractivity contribution in [3.63, 3.8) is 0 Å². The summed E-state index contributed by atoms with van der Waals surface area (Å²) in [5.74, 6) is -0.321. The van der Waals surface area contributed by atoms with Crippen LogP contribution in [0.4, 0.5) is 10.7 Å². The number of ether oxygens (including phenoxy) is 1. The quantitative estimate of drug-likeness (QED) is 0.164. The van der Waals surface area contributed by atoms with Gasteiger partial charge in [-0.25, -0.2) is 4.79 Å². The van der Waals surface area contributed by atoms with Crippen molar-refractivity contribution in [2.24, 2.45) is 5.92 Å². The first kappa shape index (κ1) is 28.6. The molecular weight excluding hydrogens is 553 g/mol. The first-order chi connectivity index (χ1) is 19.8. The maximum Gasteiger partial charge on any atom is 0.341 e. The summed E-state index contributed by atoms with van der Waals surface area (Å²) >= 11 is 2.86. The number of amides is 2. The summed E-state index contributed by atoms with van der Waals surface area (Å²) in [4.78, 5) is 41.4. The smallest absolute Gasteiger partial charge is 0.341 e. The predicted octanol–water partition coefficient (Wildman–Crippen LogP) is 7.69. The second-order valence-electron chi connectivity index (χ2n) is 10.3. The second kappa shape index (κ2) is 12.7. The molecule has 2 N–H and O–H groups in total. The van der Waals surface area contributed by atoms with Crippen LogP contribution in [0.5, 0.6) is 0 Å². The van der Waals surface area contributed by atoms with Gasteiger partial charge in [0.1, 0.15) is 10.3 Å². The third-order valence-corrected chi connectivity index (χ3v) is 9.56. The third kappa shape index (κ3) is 6.72. The Labute approximate surface area is 248 Å². The van der Waals surface area contributed by atoms with E-state index in [-0.39, 0.29) is 11.8 Å². The number of esters is 1. The maximum atomic E-state index is 13.9. The van der Waals surface area contributed by atoms with Gasteiger partial charge in [0, 0.05) is 21.0 Å². The summed E-state index contributed by atoms with van der Waals surface area (Å²) in [6, 6.07) is 24.4. The maximum absolute atomic E-state index is 13.9. The molecule has 0 saturated heterocycles. The highest BCUT2D eigenvalue weighted by Gasteiger charge is 2.31. The molecule has 0 fully saturated rings. The monoisotopic (exact) mass is 584 g/mol. The molecule has 1 heterocycles. The number of hydrogen-bond donors (Lipinski definition) is 2. The highest BCUT2D eigenvalue weighted by molar-refractivity contribution is 8.00. The van der Waals surface area contributed by atoms with Gasteiger partial charge < -0.3 is 15.4 Å². The van der Waals surface area contributed by atoms with Crippen molar-refractivity contribution in [1.82, 2.24) is 0 Å². The number of fused-ring (bicyclic) bond motifs is 1. The zero-order valence-electron chi connectivity index (χ0n) is 23.2. The lowest BCUT2D eigenvalue weighted by Gasteiger charge is -2.18. The minimum absolute atomic E-state index is 0.198. The molecule has 0 saturated carbocycles. The topological polar surface area (TPSA) is 84.5 Å². The molecule has 0 bridgehead atoms. The van der Waals surface area contributed by atoms with E-state index in [9.17, 15) is 14.4 Å². The molecule has 1 aliphatic carbocycles. The van der Waals surface area contributed by atoms with Crippen LogP contribution in [0.3, 0.4) is 0 Å². The molecule has 0 aliphatic heterocycles. The number of carbonyl (C=O) groups excluding carboxylic acids is 3. The van der Waals surface area contributed by atoms with Crippen LogP contribution < -0.4 is 10.6 Å². The van der Waals surface area contributed by atoms with E-state index in [0.717, 1.165) is 45.7 Å².